The van der Waals surface area contributed by atoms with Crippen LogP contribution in [0.15, 0.2) is 64.2 Å². The van der Waals surface area contributed by atoms with Gasteiger partial charge in [0.15, 0.2) is 11.5 Å². The molecule has 200 valence electrons. The van der Waals surface area contributed by atoms with Gasteiger partial charge in [-0.25, -0.2) is 5.43 Å². The molecule has 0 aliphatic rings. The lowest BCUT2D eigenvalue weighted by molar-refractivity contribution is -0.124. The summed E-state index contributed by atoms with van der Waals surface area (Å²) in [6, 6.07) is 15.7. The van der Waals surface area contributed by atoms with Crippen LogP contribution in [0.4, 0.5) is 5.69 Å². The molecule has 2 N–H and O–H groups in total. The molecule has 3 rings (SSSR count). The molecule has 0 aliphatic carbocycles. The first-order chi connectivity index (χ1) is 18.3. The Morgan fingerprint density at radius 2 is 1.74 bits per heavy atom. The highest BCUT2D eigenvalue weighted by Gasteiger charge is 2.13. The number of benzene rings is 3. The maximum Gasteiger partial charge on any atom is 0.240 e. The van der Waals surface area contributed by atoms with Gasteiger partial charge in [0.1, 0.15) is 12.4 Å². The van der Waals surface area contributed by atoms with Crippen molar-refractivity contribution in [2.45, 2.75) is 26.4 Å². The minimum atomic E-state index is -0.395. The zero-order valence-electron chi connectivity index (χ0n) is 20.7. The Hall–Kier alpha value is -3.27. The standard InChI is InChI=1S/C27H26BrCl2N3O5/c1-3-37-21-8-6-20(7-9-21)32-25(34)10-11-26(35)33-31-15-17-12-22(28)27(24(13-17)36-2)38-16-18-4-5-19(29)14-23(18)30/h4-9,12-15H,3,10-11,16H2,1-2H3,(H,32,34)(H,33,35). The minimum absolute atomic E-state index is 0.0115. The third-order valence-corrected chi connectivity index (χ3v) is 6.25. The van der Waals surface area contributed by atoms with E-state index in [0.717, 1.165) is 11.3 Å². The number of anilines is 1. The Balaban J connectivity index is 1.50. The predicted octanol–water partition coefficient (Wildman–Crippen LogP) is 6.61. The zero-order chi connectivity index (χ0) is 27.5. The Labute approximate surface area is 239 Å². The lowest BCUT2D eigenvalue weighted by Crippen LogP contribution is -2.20. The second-order valence-corrected chi connectivity index (χ2v) is 9.56. The van der Waals surface area contributed by atoms with Gasteiger partial charge in [0.25, 0.3) is 0 Å². The van der Waals surface area contributed by atoms with Gasteiger partial charge in [-0.3, -0.25) is 9.59 Å². The SMILES string of the molecule is CCOc1ccc(NC(=O)CCC(=O)NN=Cc2cc(Br)c(OCc3ccc(Cl)cc3Cl)c(OC)c2)cc1. The molecule has 0 aliphatic heterocycles. The number of rotatable bonds is 12. The largest absolute Gasteiger partial charge is 0.494 e. The zero-order valence-corrected chi connectivity index (χ0v) is 23.8. The molecule has 2 amide bonds. The molecule has 0 aromatic heterocycles. The van der Waals surface area contributed by atoms with Gasteiger partial charge >= 0.3 is 0 Å². The second kappa shape index (κ2) is 14.6. The van der Waals surface area contributed by atoms with Gasteiger partial charge in [-0.05, 0) is 76.9 Å². The Kier molecular flexibility index (Phi) is 11.3. The maximum atomic E-state index is 12.1. The van der Waals surface area contributed by atoms with E-state index >= 15 is 0 Å². The second-order valence-electron chi connectivity index (χ2n) is 7.86. The van der Waals surface area contributed by atoms with Crippen molar-refractivity contribution >= 4 is 62.8 Å². The van der Waals surface area contributed by atoms with E-state index in [1.54, 1.807) is 54.6 Å². The summed E-state index contributed by atoms with van der Waals surface area (Å²) in [5, 5.41) is 7.76. The van der Waals surface area contributed by atoms with Crippen LogP contribution >= 0.6 is 39.1 Å². The third kappa shape index (κ3) is 8.93. The highest BCUT2D eigenvalue weighted by Crippen LogP contribution is 2.37. The smallest absolute Gasteiger partial charge is 0.240 e. The fourth-order valence-corrected chi connectivity index (χ4v) is 4.27. The van der Waals surface area contributed by atoms with Crippen molar-refractivity contribution in [1.82, 2.24) is 5.43 Å². The lowest BCUT2D eigenvalue weighted by atomic mass is 10.2. The van der Waals surface area contributed by atoms with Crippen molar-refractivity contribution in [3.8, 4) is 17.2 Å². The number of amides is 2. The number of hydrazone groups is 1. The molecule has 0 heterocycles. The number of nitrogens with zero attached hydrogens (tertiary/aromatic N) is 1. The third-order valence-electron chi connectivity index (χ3n) is 5.07. The van der Waals surface area contributed by atoms with Crippen LogP contribution in [0.25, 0.3) is 0 Å². The molecule has 0 bridgehead atoms. The van der Waals surface area contributed by atoms with Crippen LogP contribution in [0.5, 0.6) is 17.2 Å². The van der Waals surface area contributed by atoms with Crippen LogP contribution in [0.3, 0.4) is 0 Å². The molecule has 0 atom stereocenters. The molecule has 0 saturated carbocycles. The molecule has 0 spiro atoms. The van der Waals surface area contributed by atoms with Crippen molar-refractivity contribution in [3.05, 3.63) is 80.2 Å². The van der Waals surface area contributed by atoms with E-state index < -0.39 is 5.91 Å². The molecule has 3 aromatic carbocycles. The van der Waals surface area contributed by atoms with Gasteiger partial charge < -0.3 is 19.5 Å². The molecule has 0 fully saturated rings. The monoisotopic (exact) mass is 621 g/mol. The summed E-state index contributed by atoms with van der Waals surface area (Å²) >= 11 is 15.7. The van der Waals surface area contributed by atoms with Crippen LogP contribution in [0, 0.1) is 0 Å². The molecule has 11 heteroatoms. The van der Waals surface area contributed by atoms with Gasteiger partial charge in [-0.2, -0.15) is 5.10 Å². The van der Waals surface area contributed by atoms with Crippen LogP contribution in [-0.4, -0.2) is 31.7 Å². The van der Waals surface area contributed by atoms with E-state index in [1.807, 2.05) is 6.92 Å². The van der Waals surface area contributed by atoms with Crippen molar-refractivity contribution < 1.29 is 23.8 Å². The summed E-state index contributed by atoms with van der Waals surface area (Å²) in [4.78, 5) is 24.3. The lowest BCUT2D eigenvalue weighted by Gasteiger charge is -2.14. The molecular formula is C27H26BrCl2N3O5. The Bertz CT molecular complexity index is 1300. The van der Waals surface area contributed by atoms with Crippen molar-refractivity contribution in [3.63, 3.8) is 0 Å². The number of methoxy groups -OCH3 is 1. The molecular weight excluding hydrogens is 597 g/mol. The summed E-state index contributed by atoms with van der Waals surface area (Å²) in [5.74, 6) is 0.991. The van der Waals surface area contributed by atoms with Gasteiger partial charge in [0.2, 0.25) is 11.8 Å². The number of hydrogen-bond donors (Lipinski definition) is 2. The predicted molar refractivity (Wildman–Crippen MR) is 153 cm³/mol. The van der Waals surface area contributed by atoms with Crippen molar-refractivity contribution in [2.24, 2.45) is 5.10 Å². The first-order valence-electron chi connectivity index (χ1n) is 11.6. The fraction of sp³-hybridized carbons (Fsp3) is 0.222. The number of nitrogens with one attached hydrogen (secondary N) is 2. The summed E-state index contributed by atoms with van der Waals surface area (Å²) in [6.45, 7) is 2.67. The van der Waals surface area contributed by atoms with Gasteiger partial charge in [0.05, 0.1) is 24.4 Å². The summed E-state index contributed by atoms with van der Waals surface area (Å²) in [6.07, 6.45) is 1.45. The first-order valence-corrected chi connectivity index (χ1v) is 13.1. The fourth-order valence-electron chi connectivity index (χ4n) is 3.23. The summed E-state index contributed by atoms with van der Waals surface area (Å²) < 4.78 is 17.4. The van der Waals surface area contributed by atoms with E-state index in [0.29, 0.717) is 43.9 Å². The molecule has 38 heavy (non-hydrogen) atoms. The van der Waals surface area contributed by atoms with E-state index in [2.05, 4.69) is 31.8 Å². The maximum absolute atomic E-state index is 12.1. The van der Waals surface area contributed by atoms with Crippen LogP contribution < -0.4 is 25.0 Å². The molecule has 0 radical (unpaired) electrons. The molecule has 0 saturated heterocycles. The van der Waals surface area contributed by atoms with Crippen LogP contribution in [0.2, 0.25) is 10.0 Å². The molecule has 3 aromatic rings. The van der Waals surface area contributed by atoms with Crippen molar-refractivity contribution in [2.75, 3.05) is 19.0 Å². The van der Waals surface area contributed by atoms with Gasteiger partial charge in [-0.1, -0.05) is 29.3 Å². The number of carbonyl (C=O) groups is 2. The summed E-state index contributed by atoms with van der Waals surface area (Å²) in [7, 11) is 1.52. The first kappa shape index (κ1) is 29.3. The number of ether oxygens (including phenoxy) is 3. The highest BCUT2D eigenvalue weighted by molar-refractivity contribution is 9.10. The summed E-state index contributed by atoms with van der Waals surface area (Å²) in [5.41, 5.74) is 4.47. The van der Waals surface area contributed by atoms with Gasteiger partial charge in [-0.15, -0.1) is 0 Å². The average Bonchev–Trinajstić information content (AvgIpc) is 2.89. The minimum Gasteiger partial charge on any atom is -0.494 e. The molecule has 8 nitrogen and oxygen atoms in total. The number of halogens is 3. The average molecular weight is 623 g/mol. The quantitative estimate of drug-likeness (QED) is 0.175. The highest BCUT2D eigenvalue weighted by atomic mass is 79.9. The van der Waals surface area contributed by atoms with E-state index in [9.17, 15) is 9.59 Å². The van der Waals surface area contributed by atoms with Crippen LogP contribution in [-0.2, 0) is 16.2 Å². The molecule has 0 unspecified atom stereocenters. The van der Waals surface area contributed by atoms with Crippen molar-refractivity contribution in [1.29, 1.82) is 0 Å². The number of hydrogen-bond acceptors (Lipinski definition) is 6. The van der Waals surface area contributed by atoms with Crippen LogP contribution in [0.1, 0.15) is 30.9 Å². The normalized spacial score (nSPS) is 10.8. The Morgan fingerprint density at radius 3 is 2.42 bits per heavy atom. The van der Waals surface area contributed by atoms with E-state index in [1.165, 1.54) is 13.3 Å². The topological polar surface area (TPSA) is 98.2 Å². The number of carbonyl (C=O) groups excluding carboxylic acids is 2. The Morgan fingerprint density at radius 1 is 1.00 bits per heavy atom. The van der Waals surface area contributed by atoms with E-state index in [-0.39, 0.29) is 25.4 Å². The van der Waals surface area contributed by atoms with Gasteiger partial charge in [0, 0.05) is 34.1 Å². The van der Waals surface area contributed by atoms with E-state index in [4.69, 9.17) is 37.4 Å².